The molecule has 0 aromatic heterocycles. The second kappa shape index (κ2) is 62.2. The van der Waals surface area contributed by atoms with Gasteiger partial charge >= 0.3 is 132 Å². The van der Waals surface area contributed by atoms with E-state index in [4.69, 9.17) is 45.7 Å². The number of halogens is 5. The Morgan fingerprint density at radius 2 is 0.726 bits per heavy atom. The molecule has 0 spiro atoms. The van der Waals surface area contributed by atoms with Crippen LogP contribution in [0.3, 0.4) is 0 Å². The summed E-state index contributed by atoms with van der Waals surface area (Å²) in [6.45, 7) is 15.0. The van der Waals surface area contributed by atoms with Crippen molar-refractivity contribution < 1.29 is 131 Å². The van der Waals surface area contributed by atoms with Crippen molar-refractivity contribution in [2.75, 3.05) is 85.1 Å². The average Bonchev–Trinajstić information content (AvgIpc) is 1.66. The fraction of sp³-hybridized carbons (Fsp3) is 0.359. The number of primary amides is 1. The Labute approximate surface area is 935 Å². The van der Waals surface area contributed by atoms with E-state index in [-0.39, 0.29) is 76.7 Å². The van der Waals surface area contributed by atoms with Crippen LogP contribution in [0.2, 0.25) is 0 Å². The van der Waals surface area contributed by atoms with Crippen LogP contribution < -0.4 is 27.0 Å². The Kier molecular flexibility index (Phi) is 53.9. The largest absolute Gasteiger partial charge is 0 e. The number of benzene rings is 10. The van der Waals surface area contributed by atoms with Gasteiger partial charge in [0.1, 0.15) is 22.3 Å². The van der Waals surface area contributed by atoms with Crippen LogP contribution in [0.1, 0.15) is 101 Å². The van der Waals surface area contributed by atoms with Crippen LogP contribution in [0.25, 0.3) is 0 Å². The predicted molar refractivity (Wildman–Crippen MR) is 591 cm³/mol. The summed E-state index contributed by atoms with van der Waals surface area (Å²) in [5.41, 5.74) is 13.7. The van der Waals surface area contributed by atoms with Crippen molar-refractivity contribution in [3.63, 3.8) is 0 Å². The number of aryl methyl sites for hydroxylation is 4. The van der Waals surface area contributed by atoms with Gasteiger partial charge in [-0.3, -0.25) is 13.8 Å². The molecule has 784 valence electrons. The van der Waals surface area contributed by atoms with Crippen molar-refractivity contribution in [3.05, 3.63) is 335 Å². The molecule has 7 fully saturated rings. The molecule has 17 rings (SSSR count). The van der Waals surface area contributed by atoms with Crippen molar-refractivity contribution in [1.82, 2.24) is 34.2 Å². The molecule has 0 bridgehead atoms. The predicted octanol–water partition coefficient (Wildman–Crippen LogP) is 13.3. The first-order chi connectivity index (χ1) is 69.0. The topological polar surface area (TPSA) is 507 Å². The number of carbonyl (C=O) groups is 4. The number of nitriles is 2. The zero-order chi connectivity index (χ0) is 106. The molecular formula is C103H122I5N10O21S4V3. The molecule has 2 unspecified atom stereocenters. The third kappa shape index (κ3) is 35.9. The molecule has 31 nitrogen and oxygen atoms in total. The van der Waals surface area contributed by atoms with E-state index < -0.39 is 111 Å². The molecular weight excluding hydrogens is 2630 g/mol. The SMILES string of the molecule is Cc1ccc(S(=O)(=O)N2CC[C@@H](C(C#N)(c3ccccc3)c3ccccc3)C2)cc1.Cc1ccc(S(=O)(=O)N2CC[C@@H](O)C2)cc1.Cc1ccc(S(=O)(=O)O[C@@H]2CCN(S(=O)(=O)c3ccc(C)cc3)C2)cc1.N#CC(c1ccccc1)(c1ccccc1)[C@@H]1CCNC1.NC(=O)C(c1ccccc1)(c1ccccc1)[C@@H]1CCNC1.O=C(O)C(O)C(O)C(=O)O.O=C(O)[C@@H]1C[C@@H](O)CN1.O[C@@H]1CCNC1.[I][V]([I])[I].[I][V][I].[V]. The molecule has 1 radical (unpaired) electrons. The number of sulfonamides is 3. The summed E-state index contributed by atoms with van der Waals surface area (Å²) in [5.74, 6) is -4.34. The zero-order valence-electron chi connectivity index (χ0n) is 80.5. The number of β-amino-alcohol motifs (C(OH)–C–C–N with tert-alkyl or cyclic N) is 3. The first kappa shape index (κ1) is 127. The van der Waals surface area contributed by atoms with Gasteiger partial charge in [-0.05, 0) is 186 Å². The fourth-order valence-corrected chi connectivity index (χ4v) is 23.2. The van der Waals surface area contributed by atoms with E-state index in [1.54, 1.807) is 72.8 Å². The molecule has 146 heavy (non-hydrogen) atoms. The molecule has 10 aromatic rings. The van der Waals surface area contributed by atoms with Crippen LogP contribution in [-0.2, 0) is 113 Å². The van der Waals surface area contributed by atoms with Gasteiger partial charge in [0.25, 0.3) is 10.1 Å². The summed E-state index contributed by atoms with van der Waals surface area (Å²) < 4.78 is 110. The van der Waals surface area contributed by atoms with E-state index in [0.29, 0.717) is 77.0 Å². The molecule has 0 saturated carbocycles. The second-order valence-electron chi connectivity index (χ2n) is 35.0. The smallest absolute Gasteiger partial charge is 0 e. The van der Waals surface area contributed by atoms with Gasteiger partial charge in [-0.15, -0.1) is 0 Å². The molecule has 14 N–H and O–H groups in total. The van der Waals surface area contributed by atoms with Crippen molar-refractivity contribution in [3.8, 4) is 12.1 Å². The first-order valence-electron chi connectivity index (χ1n) is 46.3. The average molecular weight is 2750 g/mol. The molecule has 7 aliphatic rings. The number of nitrogens with one attached hydrogen (secondary N) is 4. The molecule has 10 atom stereocenters. The van der Waals surface area contributed by atoms with Crippen molar-refractivity contribution in [2.24, 2.45) is 23.5 Å². The van der Waals surface area contributed by atoms with E-state index in [9.17, 15) is 68.5 Å². The van der Waals surface area contributed by atoms with E-state index in [1.165, 1.54) is 25.0 Å². The molecule has 7 saturated heterocycles. The number of hydrogen-bond acceptors (Lipinski definition) is 24. The number of aliphatic hydroxyl groups is 5. The zero-order valence-corrected chi connectivity index (χ0v) is 98.8. The van der Waals surface area contributed by atoms with Crippen LogP contribution in [-0.4, -0.2) is 239 Å². The van der Waals surface area contributed by atoms with Gasteiger partial charge in [0.05, 0.1) is 56.1 Å². The second-order valence-corrected chi connectivity index (χ2v) is 89.5. The normalized spacial score (nSPS) is 19.7. The van der Waals surface area contributed by atoms with Crippen molar-refractivity contribution >= 4 is 164 Å². The maximum atomic E-state index is 13.2. The monoisotopic (exact) mass is 2750 g/mol. The number of amides is 1. The van der Waals surface area contributed by atoms with Crippen LogP contribution in [0.15, 0.2) is 299 Å². The number of nitrogens with two attached hydrogens (primary N) is 1. The fourth-order valence-electron chi connectivity index (χ4n) is 17.7. The molecule has 1 amide bonds. The van der Waals surface area contributed by atoms with Crippen LogP contribution in [0.4, 0.5) is 0 Å². The standard InChI is InChI=1S/C25H24N2O2S.C18H20N2O.C18H18N2.C18H21NO5S2.C11H15NO3S.C5H9NO3.C4H9NO.C4H6O6.5HI.3V/c1-20-12-14-24(15-13-20)30(28,29)27-17-16-23(18-27)25(19-26,21-8-4-2-5-9-21)22-10-6-3-7-11-22;19-17(21)18(16-11-12-20-13-16,14-7-3-1-4-8-14)15-9-5-2-6-10-15;19-14-18(17-11-12-20-13-17,15-7-3-1-4-8-15)16-9-5-2-6-10-16;1-14-3-7-17(8-4-14)25(20,21)19-12-11-16(13-19)24-26(22,23)18-9-5-15(2)6-10-18;1-9-2-4-11(5-3-9)16(14,15)12-7-6-10(13)8-12;7-3-1-4(5(8)9)6-2-3;6-4-1-2-5-3-4;5-1(3(7)8)2(6)4(9)10;;;;;;;;/h2-15,23H,16-18H2,1H3;1-10,16,20H,11-13H2,(H2,19,21);1-10,17,20H,11-13H2;3-10,16H,11-13H2,1-2H3;2-5,10,13H,6-8H2,1H3;3-4,6-7H,1-2H2,(H,8,9);4-6H,1-3H2;1-2,5-6H,(H,7,8)(H,9,10);5*1H;;;/q;;;;;;;;;;;;;;+2;+3/p-5/t23-;16-;17-;16-;10-;3-,4+;4-;;;;;;;;;/m1111111........./s1. The Balaban J connectivity index is 0.000000231. The molecule has 43 heteroatoms. The van der Waals surface area contributed by atoms with Gasteiger partial charge in [-0.1, -0.05) is 253 Å². The Morgan fingerprint density at radius 1 is 0.418 bits per heavy atom. The third-order valence-corrected chi connectivity index (χ3v) is 32.3. The van der Waals surface area contributed by atoms with E-state index in [1.807, 2.05) is 198 Å². The molecule has 7 aliphatic heterocycles. The van der Waals surface area contributed by atoms with Gasteiger partial charge in [0.2, 0.25) is 36.0 Å². The molecule has 7 heterocycles. The van der Waals surface area contributed by atoms with Crippen molar-refractivity contribution in [1.29, 1.82) is 10.5 Å². The number of carboxylic acid groups (broad SMARTS) is 3. The molecule has 10 aromatic carbocycles. The third-order valence-electron chi connectivity index (χ3n) is 25.3. The Morgan fingerprint density at radius 3 is 1.00 bits per heavy atom. The Bertz CT molecular complexity index is 6140. The van der Waals surface area contributed by atoms with Crippen LogP contribution >= 0.6 is 99.9 Å². The quantitative estimate of drug-likeness (QED) is 0.0209. The minimum atomic E-state index is -3.92. The van der Waals surface area contributed by atoms with Crippen LogP contribution in [0.5, 0.6) is 0 Å². The maximum absolute atomic E-state index is 13.2. The summed E-state index contributed by atoms with van der Waals surface area (Å²) >= 11 is 12.1. The van der Waals surface area contributed by atoms with Gasteiger partial charge in [-0.2, -0.15) is 31.9 Å². The van der Waals surface area contributed by atoms with Crippen molar-refractivity contribution in [2.45, 2.75) is 151 Å². The summed E-state index contributed by atoms with van der Waals surface area (Å²) in [4.78, 5) is 42.9. The number of nitrogens with zero attached hydrogens (tertiary/aromatic N) is 5. The summed E-state index contributed by atoms with van der Waals surface area (Å²) in [6, 6.07) is 91.0. The molecule has 0 aliphatic carbocycles. The number of carboxylic acids is 3. The number of hydrogen-bond donors (Lipinski definition) is 13. The van der Waals surface area contributed by atoms with Gasteiger partial charge in [-0.25, -0.2) is 34.8 Å². The van der Waals surface area contributed by atoms with Gasteiger partial charge in [0, 0.05) is 89.8 Å². The number of rotatable bonds is 23. The Hall–Kier alpha value is -6.26. The summed E-state index contributed by atoms with van der Waals surface area (Å²) in [5, 5.41) is 101. The van der Waals surface area contributed by atoms with E-state index >= 15 is 0 Å². The van der Waals surface area contributed by atoms with Crippen LogP contribution in [0, 0.1) is 68.1 Å². The first-order valence-corrected chi connectivity index (χ1v) is 74.6. The number of aliphatic hydroxyl groups excluding tert-OH is 5. The number of aliphatic carboxylic acids is 3. The minimum absolute atomic E-state index is 0. The van der Waals surface area contributed by atoms with E-state index in [2.05, 4.69) is 158 Å². The van der Waals surface area contributed by atoms with E-state index in [0.717, 1.165) is 114 Å². The summed E-state index contributed by atoms with van der Waals surface area (Å²) in [7, 11) is -14.0. The summed E-state index contributed by atoms with van der Waals surface area (Å²) in [6.07, 6.45) is -1.57. The van der Waals surface area contributed by atoms with Gasteiger partial charge < -0.3 is 67.9 Å². The minimum Gasteiger partial charge on any atom is 0 e. The number of carbonyl (C=O) groups excluding carboxylic acids is 1. The van der Waals surface area contributed by atoms with Gasteiger partial charge in [0.15, 0.2) is 12.2 Å². The maximum Gasteiger partial charge on any atom is 0 e.